The summed E-state index contributed by atoms with van der Waals surface area (Å²) in [5, 5.41) is 76.5. The molecule has 2 fully saturated rings. The first-order valence-corrected chi connectivity index (χ1v) is 28.2. The number of nitrogens with one attached hydrogen (secondary N) is 4. The summed E-state index contributed by atoms with van der Waals surface area (Å²) in [6, 6.07) is 0.928. The molecule has 2 aliphatic rings. The smallest absolute Gasteiger partial charge is 0.403 e. The molecule has 1 aliphatic carbocycles. The standard InChI is InChI=1S/C50H79N8O20P/c59-41(52-39(49(72)73)20-30-78-79(76,77)54-40(50(74)75)16-18-43(61)62)17-15-38(48(70)71)53-47(69)36-13-11-35(12-14-36)19-21-51-42(60)31-55-22-24-56(32-44(63)64)26-28-58(34-46(67)68,29-27-57(25-23-55)33-45(65)66)37-9-7-5-3-1-2-4-6-8-10-37/h11-14,37-40H,1-10,15-34H2,(H11-,51,52,53,54,59,60,61,62,63,64,65,66,67,68,69,70,71,72,73,74,75,76,77)/p+1. The summed E-state index contributed by atoms with van der Waals surface area (Å²) < 4.78 is 17.3. The topological polar surface area (TPSA) is 417 Å². The molecule has 1 saturated heterocycles. The number of carbonyl (C=O) groups excluding carboxylic acids is 3. The van der Waals surface area contributed by atoms with E-state index in [9.17, 15) is 88.0 Å². The fourth-order valence-corrected chi connectivity index (χ4v) is 10.8. The van der Waals surface area contributed by atoms with Gasteiger partial charge in [0.2, 0.25) is 11.8 Å². The lowest BCUT2D eigenvalue weighted by Crippen LogP contribution is -2.63. The van der Waals surface area contributed by atoms with Gasteiger partial charge in [-0.15, -0.1) is 0 Å². The summed E-state index contributed by atoms with van der Waals surface area (Å²) in [4.78, 5) is 137. The van der Waals surface area contributed by atoms with Crippen LogP contribution in [0.1, 0.15) is 112 Å². The van der Waals surface area contributed by atoms with Gasteiger partial charge in [-0.2, -0.15) is 0 Å². The Bertz CT molecular complexity index is 2210. The third-order valence-electron chi connectivity index (χ3n) is 14.1. The van der Waals surface area contributed by atoms with Gasteiger partial charge in [-0.25, -0.2) is 24.0 Å². The van der Waals surface area contributed by atoms with E-state index in [0.717, 1.165) is 51.4 Å². The molecule has 1 aliphatic heterocycles. The predicted octanol–water partition coefficient (Wildman–Crippen LogP) is 0.566. The fraction of sp³-hybridized carbons (Fsp3) is 0.680. The second-order valence-corrected chi connectivity index (χ2v) is 21.7. The third-order valence-corrected chi connectivity index (χ3v) is 15.3. The van der Waals surface area contributed by atoms with Crippen LogP contribution in [0.3, 0.4) is 0 Å². The van der Waals surface area contributed by atoms with Crippen molar-refractivity contribution < 1.29 is 102 Å². The molecular formula is C50H80N8O20P+. The van der Waals surface area contributed by atoms with Gasteiger partial charge in [-0.05, 0) is 62.6 Å². The molecule has 0 spiro atoms. The average Bonchev–Trinajstić information content (AvgIpc) is 3.44. The highest BCUT2D eigenvalue weighted by Gasteiger charge is 2.40. The predicted molar refractivity (Wildman–Crippen MR) is 280 cm³/mol. The van der Waals surface area contributed by atoms with Crippen LogP contribution in [0, 0.1) is 0 Å². The second-order valence-electron chi connectivity index (χ2n) is 20.1. The van der Waals surface area contributed by atoms with Crippen molar-refractivity contribution in [3.8, 4) is 0 Å². The highest BCUT2D eigenvalue weighted by Crippen LogP contribution is 2.38. The molecule has 3 amide bonds. The van der Waals surface area contributed by atoms with Crippen LogP contribution in [-0.2, 0) is 58.7 Å². The van der Waals surface area contributed by atoms with Gasteiger partial charge >= 0.3 is 49.5 Å². The van der Waals surface area contributed by atoms with Crippen molar-refractivity contribution in [2.45, 2.75) is 127 Å². The molecule has 29 heteroatoms. The highest BCUT2D eigenvalue weighted by atomic mass is 31.2. The Balaban J connectivity index is 1.57. The van der Waals surface area contributed by atoms with Gasteiger partial charge in [-0.3, -0.25) is 52.8 Å². The number of carboxylic acids is 7. The minimum Gasteiger partial charge on any atom is -0.481 e. The first-order chi connectivity index (χ1) is 37.4. The van der Waals surface area contributed by atoms with E-state index in [4.69, 9.17) is 9.63 Å². The zero-order chi connectivity index (χ0) is 58.5. The maximum Gasteiger partial charge on any atom is 0.403 e. The fourth-order valence-electron chi connectivity index (χ4n) is 9.75. The lowest BCUT2D eigenvalue weighted by Gasteiger charge is -2.46. The van der Waals surface area contributed by atoms with Crippen LogP contribution in [0.2, 0.25) is 0 Å². The van der Waals surface area contributed by atoms with Crippen LogP contribution >= 0.6 is 7.75 Å². The van der Waals surface area contributed by atoms with Crippen LogP contribution in [-0.4, -0.2) is 235 Å². The molecule has 3 rings (SSSR count). The zero-order valence-corrected chi connectivity index (χ0v) is 45.4. The van der Waals surface area contributed by atoms with Crippen molar-refractivity contribution >= 4 is 67.3 Å². The molecule has 1 aromatic rings. The highest BCUT2D eigenvalue weighted by molar-refractivity contribution is 7.50. The van der Waals surface area contributed by atoms with Crippen molar-refractivity contribution in [3.05, 3.63) is 35.4 Å². The molecule has 1 aromatic carbocycles. The maximum atomic E-state index is 13.4. The number of amides is 3. The van der Waals surface area contributed by atoms with Crippen LogP contribution in [0.4, 0.5) is 0 Å². The van der Waals surface area contributed by atoms with Crippen LogP contribution in [0.5, 0.6) is 0 Å². The summed E-state index contributed by atoms with van der Waals surface area (Å²) in [6.07, 6.45) is 7.63. The number of quaternary nitrogens is 1. The van der Waals surface area contributed by atoms with Crippen molar-refractivity contribution in [2.24, 2.45) is 0 Å². The van der Waals surface area contributed by atoms with Crippen LogP contribution in [0.15, 0.2) is 24.3 Å². The number of hydrogen-bond donors (Lipinski definition) is 12. The first-order valence-electron chi connectivity index (χ1n) is 26.7. The van der Waals surface area contributed by atoms with Gasteiger partial charge in [0.25, 0.3) is 5.91 Å². The summed E-state index contributed by atoms with van der Waals surface area (Å²) in [5.41, 5.74) is 0.747. The number of hydrogen-bond acceptors (Lipinski definition) is 15. The van der Waals surface area contributed by atoms with E-state index in [1.807, 2.05) is 4.90 Å². The van der Waals surface area contributed by atoms with Crippen LogP contribution < -0.4 is 21.0 Å². The molecule has 0 radical (unpaired) electrons. The minimum absolute atomic E-state index is 0.00953. The zero-order valence-electron chi connectivity index (χ0n) is 44.5. The summed E-state index contributed by atoms with van der Waals surface area (Å²) in [7, 11) is -4.89. The van der Waals surface area contributed by atoms with E-state index < -0.39 is 118 Å². The molecule has 79 heavy (non-hydrogen) atoms. The minimum atomic E-state index is -4.89. The Morgan fingerprint density at radius 2 is 1.05 bits per heavy atom. The van der Waals surface area contributed by atoms with Gasteiger partial charge in [0, 0.05) is 70.6 Å². The molecule has 4 unspecified atom stereocenters. The van der Waals surface area contributed by atoms with Crippen molar-refractivity contribution in [2.75, 3.05) is 91.7 Å². The summed E-state index contributed by atoms with van der Waals surface area (Å²) in [5.74, 6) is -11.3. The maximum absolute atomic E-state index is 13.4. The van der Waals surface area contributed by atoms with Gasteiger partial charge in [0.05, 0.1) is 45.4 Å². The summed E-state index contributed by atoms with van der Waals surface area (Å²) in [6.45, 7) is 0.888. The van der Waals surface area contributed by atoms with Gasteiger partial charge in [0.15, 0.2) is 6.54 Å². The molecular weight excluding hydrogens is 1060 g/mol. The van der Waals surface area contributed by atoms with Crippen molar-refractivity contribution in [1.29, 1.82) is 0 Å². The van der Waals surface area contributed by atoms with E-state index in [2.05, 4.69) is 16.0 Å². The number of carbonyl (C=O) groups is 10. The number of carboxylic acid groups (broad SMARTS) is 7. The van der Waals surface area contributed by atoms with Crippen molar-refractivity contribution in [3.63, 3.8) is 0 Å². The molecule has 0 bridgehead atoms. The number of benzene rings is 1. The van der Waals surface area contributed by atoms with E-state index in [1.54, 1.807) is 27.0 Å². The summed E-state index contributed by atoms with van der Waals surface area (Å²) >= 11 is 0. The molecule has 28 nitrogen and oxygen atoms in total. The first kappa shape index (κ1) is 67.1. The molecule has 0 aromatic heterocycles. The second kappa shape index (κ2) is 34.8. The third kappa shape index (κ3) is 27.1. The van der Waals surface area contributed by atoms with E-state index in [1.165, 1.54) is 25.0 Å². The number of rotatable bonds is 30. The Morgan fingerprint density at radius 1 is 0.570 bits per heavy atom. The lowest BCUT2D eigenvalue weighted by molar-refractivity contribution is -0.944. The Hall–Kier alpha value is -6.13. The lowest BCUT2D eigenvalue weighted by atomic mass is 9.97. The largest absolute Gasteiger partial charge is 0.481 e. The average molecular weight is 1140 g/mol. The van der Waals surface area contributed by atoms with Gasteiger partial charge in [-0.1, -0.05) is 50.7 Å². The molecule has 1 heterocycles. The number of nitrogens with zero attached hydrogens (tertiary/aromatic N) is 4. The van der Waals surface area contributed by atoms with Gasteiger partial charge in [0.1, 0.15) is 18.1 Å². The van der Waals surface area contributed by atoms with E-state index in [-0.39, 0.29) is 94.0 Å². The van der Waals surface area contributed by atoms with Gasteiger partial charge < -0.3 is 61.1 Å². The molecule has 4 atom stereocenters. The Kier molecular flexibility index (Phi) is 29.6. The quantitative estimate of drug-likeness (QED) is 0.0370. The molecule has 12 N–H and O–H groups in total. The van der Waals surface area contributed by atoms with Crippen molar-refractivity contribution in [1.82, 2.24) is 35.7 Å². The van der Waals surface area contributed by atoms with E-state index >= 15 is 0 Å². The monoisotopic (exact) mass is 1140 g/mol. The Labute approximate surface area is 458 Å². The normalized spacial score (nSPS) is 18.7. The molecule has 444 valence electrons. The Morgan fingerprint density at radius 3 is 1.53 bits per heavy atom. The van der Waals surface area contributed by atoms with E-state index in [0.29, 0.717) is 25.1 Å². The van der Waals surface area contributed by atoms with Crippen LogP contribution in [0.25, 0.3) is 0 Å². The number of aliphatic carboxylic acids is 7. The molecule has 1 saturated carbocycles. The SMILES string of the molecule is O=C(O)CCC(NP(=O)(O)OCCC(NC(=O)CCC(NC(=O)c1ccc(CCNC(=O)CN2CCN(CC(=O)O)CC[N+](CC(=O)O)(C3CCCCCCCCCC3)CCN(CC(=O)O)CC2)cc1)C(=O)O)C(=O)O)C(=O)O.